The van der Waals surface area contributed by atoms with Crippen molar-refractivity contribution >= 4 is 0 Å². The van der Waals surface area contributed by atoms with Crippen LogP contribution < -0.4 is 4.74 Å². The van der Waals surface area contributed by atoms with Crippen molar-refractivity contribution in [1.82, 2.24) is 0 Å². The molecule has 1 N–H and O–H groups in total. The van der Waals surface area contributed by atoms with Crippen molar-refractivity contribution in [2.24, 2.45) is 11.3 Å². The summed E-state index contributed by atoms with van der Waals surface area (Å²) >= 11 is 0. The van der Waals surface area contributed by atoms with Crippen LogP contribution in [0.2, 0.25) is 0 Å². The molecule has 0 heterocycles. The zero-order valence-corrected chi connectivity index (χ0v) is 13.6. The highest BCUT2D eigenvalue weighted by Gasteiger charge is 2.18. The predicted molar refractivity (Wildman–Crippen MR) is 85.0 cm³/mol. The topological polar surface area (TPSA) is 29.5 Å². The van der Waals surface area contributed by atoms with Gasteiger partial charge >= 0.3 is 0 Å². The summed E-state index contributed by atoms with van der Waals surface area (Å²) in [7, 11) is 0. The van der Waals surface area contributed by atoms with Gasteiger partial charge in [0.15, 0.2) is 0 Å². The van der Waals surface area contributed by atoms with Gasteiger partial charge in [-0.25, -0.2) is 0 Å². The van der Waals surface area contributed by atoms with Crippen molar-refractivity contribution in [3.8, 4) is 5.75 Å². The van der Waals surface area contributed by atoms with Gasteiger partial charge in [0.05, 0.1) is 12.7 Å². The zero-order valence-electron chi connectivity index (χ0n) is 13.6. The Kier molecular flexibility index (Phi) is 6.54. The van der Waals surface area contributed by atoms with Gasteiger partial charge in [0.2, 0.25) is 0 Å². The summed E-state index contributed by atoms with van der Waals surface area (Å²) in [6, 6.07) is 7.84. The molecule has 1 aromatic carbocycles. The molecule has 20 heavy (non-hydrogen) atoms. The molecule has 1 aromatic rings. The van der Waals surface area contributed by atoms with Gasteiger partial charge in [-0.1, -0.05) is 46.8 Å². The highest BCUT2D eigenvalue weighted by Crippen LogP contribution is 2.30. The average molecular weight is 278 g/mol. The molecule has 2 nitrogen and oxygen atoms in total. The minimum atomic E-state index is -0.382. The van der Waals surface area contributed by atoms with Crippen molar-refractivity contribution in [2.45, 2.75) is 60.0 Å². The fraction of sp³-hybridized carbons (Fsp3) is 0.667. The molecule has 2 heteroatoms. The van der Waals surface area contributed by atoms with E-state index in [-0.39, 0.29) is 6.10 Å². The first kappa shape index (κ1) is 17.0. The molecule has 0 amide bonds. The van der Waals surface area contributed by atoms with Crippen LogP contribution in [-0.4, -0.2) is 11.7 Å². The van der Waals surface area contributed by atoms with Gasteiger partial charge in [-0.3, -0.25) is 0 Å². The van der Waals surface area contributed by atoms with E-state index < -0.39 is 0 Å². The Bertz CT molecular complexity index is 375. The molecular formula is C18H30O2. The summed E-state index contributed by atoms with van der Waals surface area (Å²) in [5.41, 5.74) is 1.30. The van der Waals surface area contributed by atoms with Crippen LogP contribution in [-0.2, 0) is 0 Å². The van der Waals surface area contributed by atoms with Crippen LogP contribution >= 0.6 is 0 Å². The first-order valence-electron chi connectivity index (χ1n) is 7.72. The highest BCUT2D eigenvalue weighted by atomic mass is 16.5. The Morgan fingerprint density at radius 1 is 1.15 bits per heavy atom. The number of hydrogen-bond donors (Lipinski definition) is 1. The van der Waals surface area contributed by atoms with E-state index in [1.807, 2.05) is 24.3 Å². The lowest BCUT2D eigenvalue weighted by Crippen LogP contribution is -2.13. The van der Waals surface area contributed by atoms with Gasteiger partial charge in [-0.15, -0.1) is 0 Å². The van der Waals surface area contributed by atoms with Crippen molar-refractivity contribution in [2.75, 3.05) is 6.61 Å². The Morgan fingerprint density at radius 3 is 2.25 bits per heavy atom. The summed E-state index contributed by atoms with van der Waals surface area (Å²) in [5, 5.41) is 10.3. The number of aliphatic hydroxyl groups is 1. The zero-order chi connectivity index (χ0) is 15.2. The lowest BCUT2D eigenvalue weighted by atomic mass is 9.82. The minimum absolute atomic E-state index is 0.316. The first-order valence-corrected chi connectivity index (χ1v) is 7.72. The average Bonchev–Trinajstić information content (AvgIpc) is 2.34. The molecular weight excluding hydrogens is 248 g/mol. The molecule has 0 saturated carbocycles. The molecule has 0 aliphatic heterocycles. The molecule has 0 aliphatic carbocycles. The molecule has 0 radical (unpaired) electrons. The van der Waals surface area contributed by atoms with E-state index in [9.17, 15) is 5.11 Å². The van der Waals surface area contributed by atoms with Crippen molar-refractivity contribution < 1.29 is 9.84 Å². The van der Waals surface area contributed by atoms with Crippen LogP contribution in [0.4, 0.5) is 0 Å². The largest absolute Gasteiger partial charge is 0.494 e. The van der Waals surface area contributed by atoms with Gasteiger partial charge in [-0.2, -0.15) is 0 Å². The Morgan fingerprint density at radius 2 is 1.75 bits per heavy atom. The first-order chi connectivity index (χ1) is 9.31. The second-order valence-corrected chi connectivity index (χ2v) is 7.04. The summed E-state index contributed by atoms with van der Waals surface area (Å²) in [6.45, 7) is 11.8. The van der Waals surface area contributed by atoms with Gasteiger partial charge in [0.1, 0.15) is 5.75 Å². The number of benzene rings is 1. The molecule has 0 spiro atoms. The van der Waals surface area contributed by atoms with E-state index in [1.54, 1.807) is 0 Å². The van der Waals surface area contributed by atoms with E-state index in [1.165, 1.54) is 0 Å². The smallest absolute Gasteiger partial charge is 0.119 e. The maximum atomic E-state index is 10.3. The van der Waals surface area contributed by atoms with Crippen molar-refractivity contribution in [1.29, 1.82) is 0 Å². The normalized spacial score (nSPS) is 14.9. The van der Waals surface area contributed by atoms with E-state index in [0.717, 1.165) is 37.2 Å². The quantitative estimate of drug-likeness (QED) is 0.763. The summed E-state index contributed by atoms with van der Waals surface area (Å²) in [6.07, 6.45) is 2.57. The second kappa shape index (κ2) is 7.68. The van der Waals surface area contributed by atoms with Crippen LogP contribution in [0.3, 0.4) is 0 Å². The molecule has 1 rings (SSSR count). The molecule has 114 valence electrons. The molecule has 2 unspecified atom stereocenters. The molecule has 0 bridgehead atoms. The van der Waals surface area contributed by atoms with Crippen LogP contribution in [0.5, 0.6) is 5.75 Å². The summed E-state index contributed by atoms with van der Waals surface area (Å²) in [5.74, 6) is 1.39. The Labute approximate surface area is 124 Å². The molecule has 0 aliphatic rings. The summed E-state index contributed by atoms with van der Waals surface area (Å²) < 4.78 is 5.56. The third kappa shape index (κ3) is 6.42. The standard InChI is InChI=1S/C18H30O2/c1-6-11-20-16-9-7-15(8-10-16)17(19)12-14(2)13-18(3,4)5/h7-10,14,17,19H,6,11-13H2,1-5H3. The van der Waals surface area contributed by atoms with Gasteiger partial charge in [0.25, 0.3) is 0 Å². The van der Waals surface area contributed by atoms with E-state index >= 15 is 0 Å². The van der Waals surface area contributed by atoms with Crippen molar-refractivity contribution in [3.05, 3.63) is 29.8 Å². The van der Waals surface area contributed by atoms with Crippen molar-refractivity contribution in [3.63, 3.8) is 0 Å². The highest BCUT2D eigenvalue weighted by molar-refractivity contribution is 5.28. The Balaban J connectivity index is 2.52. The van der Waals surface area contributed by atoms with Gasteiger partial charge < -0.3 is 9.84 Å². The fourth-order valence-electron chi connectivity index (χ4n) is 2.65. The predicted octanol–water partition coefficient (Wildman–Crippen LogP) is 4.97. The lowest BCUT2D eigenvalue weighted by molar-refractivity contribution is 0.134. The maximum Gasteiger partial charge on any atom is 0.119 e. The SMILES string of the molecule is CCCOc1ccc(C(O)CC(C)CC(C)(C)C)cc1. The molecule has 0 saturated heterocycles. The minimum Gasteiger partial charge on any atom is -0.494 e. The number of rotatable bonds is 7. The Hall–Kier alpha value is -1.02. The van der Waals surface area contributed by atoms with Gasteiger partial charge in [-0.05, 0) is 48.3 Å². The van der Waals surface area contributed by atoms with E-state index in [0.29, 0.717) is 11.3 Å². The summed E-state index contributed by atoms with van der Waals surface area (Å²) in [4.78, 5) is 0. The van der Waals surface area contributed by atoms with Crippen LogP contribution in [0.1, 0.15) is 65.5 Å². The van der Waals surface area contributed by atoms with Gasteiger partial charge in [0, 0.05) is 0 Å². The molecule has 2 atom stereocenters. The number of aliphatic hydroxyl groups excluding tert-OH is 1. The molecule has 0 fully saturated rings. The van der Waals surface area contributed by atoms with E-state index in [4.69, 9.17) is 4.74 Å². The van der Waals surface area contributed by atoms with E-state index in [2.05, 4.69) is 34.6 Å². The molecule has 0 aromatic heterocycles. The second-order valence-electron chi connectivity index (χ2n) is 7.04. The maximum absolute atomic E-state index is 10.3. The van der Waals surface area contributed by atoms with Crippen LogP contribution in [0, 0.1) is 11.3 Å². The van der Waals surface area contributed by atoms with Crippen LogP contribution in [0.15, 0.2) is 24.3 Å². The monoisotopic (exact) mass is 278 g/mol. The third-order valence-corrected chi connectivity index (χ3v) is 3.32. The van der Waals surface area contributed by atoms with Crippen LogP contribution in [0.25, 0.3) is 0 Å². The third-order valence-electron chi connectivity index (χ3n) is 3.32. The lowest BCUT2D eigenvalue weighted by Gasteiger charge is -2.25. The fourth-order valence-corrected chi connectivity index (χ4v) is 2.65. The number of ether oxygens (including phenoxy) is 1. The number of hydrogen-bond acceptors (Lipinski definition) is 2.